The summed E-state index contributed by atoms with van der Waals surface area (Å²) in [6.45, 7) is 1.79. The number of nitrogens with one attached hydrogen (secondary N) is 1. The molecule has 0 spiro atoms. The molecule has 0 unspecified atom stereocenters. The van der Waals surface area contributed by atoms with Gasteiger partial charge in [0.05, 0.1) is 6.33 Å². The summed E-state index contributed by atoms with van der Waals surface area (Å²) in [5, 5.41) is 3.17. The van der Waals surface area contributed by atoms with E-state index in [4.69, 9.17) is 11.5 Å². The smallest absolute Gasteiger partial charge is 0.223 e. The number of nitrogen functional groups attached to an aromatic ring is 2. The third-order valence-corrected chi connectivity index (χ3v) is 2.47. The minimum atomic E-state index is 0.191. The molecular weight excluding hydrogens is 230 g/mol. The monoisotopic (exact) mass is 247 g/mol. The Labute approximate surface area is 105 Å². The van der Waals surface area contributed by atoms with Crippen molar-refractivity contribution in [3.8, 4) is 0 Å². The lowest BCUT2D eigenvalue weighted by Crippen LogP contribution is -2.08. The molecule has 0 amide bonds. The Morgan fingerprint density at radius 2 is 2.11 bits per heavy atom. The van der Waals surface area contributed by atoms with E-state index < -0.39 is 0 Å². The zero-order chi connectivity index (χ0) is 12.8. The van der Waals surface area contributed by atoms with Crippen LogP contribution in [0.4, 0.5) is 17.6 Å². The van der Waals surface area contributed by atoms with Crippen molar-refractivity contribution in [2.45, 2.75) is 19.4 Å². The minimum Gasteiger partial charge on any atom is -0.383 e. The van der Waals surface area contributed by atoms with Crippen molar-refractivity contribution >= 4 is 17.6 Å². The van der Waals surface area contributed by atoms with Crippen LogP contribution < -0.4 is 16.8 Å². The molecule has 0 fully saturated rings. The SMILES string of the molecule is Nc1cc(NCCCCn2ccnc2)nc(N)n1. The zero-order valence-electron chi connectivity index (χ0n) is 10.1. The van der Waals surface area contributed by atoms with Gasteiger partial charge in [-0.05, 0) is 12.8 Å². The van der Waals surface area contributed by atoms with Gasteiger partial charge in [-0.15, -0.1) is 0 Å². The standard InChI is InChI=1S/C11H17N7/c12-9-7-10(17-11(13)16-9)15-3-1-2-5-18-6-4-14-8-18/h4,6-8H,1-3,5H2,(H5,12,13,15,16,17). The highest BCUT2D eigenvalue weighted by atomic mass is 15.1. The molecule has 96 valence electrons. The van der Waals surface area contributed by atoms with Crippen LogP contribution in [0, 0.1) is 0 Å². The maximum Gasteiger partial charge on any atom is 0.223 e. The molecule has 2 heterocycles. The van der Waals surface area contributed by atoms with E-state index in [0.29, 0.717) is 11.6 Å². The molecule has 0 aliphatic rings. The Hall–Kier alpha value is -2.31. The quantitative estimate of drug-likeness (QED) is 0.649. The van der Waals surface area contributed by atoms with E-state index in [1.165, 1.54) is 0 Å². The summed E-state index contributed by atoms with van der Waals surface area (Å²) in [7, 11) is 0. The summed E-state index contributed by atoms with van der Waals surface area (Å²) in [6.07, 6.45) is 7.66. The lowest BCUT2D eigenvalue weighted by molar-refractivity contribution is 0.620. The average molecular weight is 247 g/mol. The number of imidazole rings is 1. The maximum absolute atomic E-state index is 5.57. The van der Waals surface area contributed by atoms with Gasteiger partial charge in [0.2, 0.25) is 5.95 Å². The lowest BCUT2D eigenvalue weighted by atomic mass is 10.3. The number of aromatic nitrogens is 4. The van der Waals surface area contributed by atoms with Gasteiger partial charge in [-0.2, -0.15) is 9.97 Å². The van der Waals surface area contributed by atoms with Crippen LogP contribution in [0.25, 0.3) is 0 Å². The number of anilines is 3. The first-order valence-corrected chi connectivity index (χ1v) is 5.84. The van der Waals surface area contributed by atoms with Gasteiger partial charge in [-0.3, -0.25) is 0 Å². The topological polar surface area (TPSA) is 108 Å². The molecule has 0 aromatic carbocycles. The van der Waals surface area contributed by atoms with Crippen LogP contribution >= 0.6 is 0 Å². The average Bonchev–Trinajstić information content (AvgIpc) is 2.80. The van der Waals surface area contributed by atoms with Crippen molar-refractivity contribution in [1.29, 1.82) is 0 Å². The van der Waals surface area contributed by atoms with Crippen LogP contribution in [0.15, 0.2) is 24.8 Å². The van der Waals surface area contributed by atoms with Gasteiger partial charge in [-0.1, -0.05) is 0 Å². The second kappa shape index (κ2) is 5.85. The van der Waals surface area contributed by atoms with E-state index in [1.54, 1.807) is 12.3 Å². The predicted octanol–water partition coefficient (Wildman–Crippen LogP) is 0.730. The molecule has 0 aliphatic heterocycles. The molecule has 7 nitrogen and oxygen atoms in total. The Morgan fingerprint density at radius 3 is 2.83 bits per heavy atom. The highest BCUT2D eigenvalue weighted by molar-refractivity contribution is 5.48. The number of nitrogens with two attached hydrogens (primary N) is 2. The Kier molecular flexibility index (Phi) is 3.95. The van der Waals surface area contributed by atoms with Crippen molar-refractivity contribution in [3.63, 3.8) is 0 Å². The summed E-state index contributed by atoms with van der Waals surface area (Å²) in [5.74, 6) is 1.24. The molecule has 0 radical (unpaired) electrons. The van der Waals surface area contributed by atoms with Crippen molar-refractivity contribution in [3.05, 3.63) is 24.8 Å². The molecule has 0 saturated heterocycles. The van der Waals surface area contributed by atoms with E-state index in [0.717, 1.165) is 25.9 Å². The molecule has 2 rings (SSSR count). The van der Waals surface area contributed by atoms with Crippen molar-refractivity contribution in [2.75, 3.05) is 23.3 Å². The fraction of sp³-hybridized carbons (Fsp3) is 0.364. The highest BCUT2D eigenvalue weighted by Crippen LogP contribution is 2.09. The Balaban J connectivity index is 1.68. The summed E-state index contributed by atoms with van der Waals surface area (Å²) in [6, 6.07) is 1.67. The van der Waals surface area contributed by atoms with Crippen LogP contribution in [-0.4, -0.2) is 26.1 Å². The summed E-state index contributed by atoms with van der Waals surface area (Å²) in [4.78, 5) is 11.8. The minimum absolute atomic E-state index is 0.191. The fourth-order valence-electron chi connectivity index (χ4n) is 1.63. The van der Waals surface area contributed by atoms with Gasteiger partial charge in [0.15, 0.2) is 0 Å². The third kappa shape index (κ3) is 3.62. The second-order valence-electron chi connectivity index (χ2n) is 3.97. The normalized spacial score (nSPS) is 10.4. The largest absolute Gasteiger partial charge is 0.383 e. The van der Waals surface area contributed by atoms with E-state index in [-0.39, 0.29) is 5.95 Å². The van der Waals surface area contributed by atoms with E-state index in [1.807, 2.05) is 12.5 Å². The lowest BCUT2D eigenvalue weighted by Gasteiger charge is -2.07. The number of aryl methyl sites for hydroxylation is 1. The van der Waals surface area contributed by atoms with Crippen molar-refractivity contribution < 1.29 is 0 Å². The number of hydrogen-bond donors (Lipinski definition) is 3. The molecule has 0 aliphatic carbocycles. The summed E-state index contributed by atoms with van der Waals surface area (Å²) in [5.41, 5.74) is 11.1. The third-order valence-electron chi connectivity index (χ3n) is 2.47. The molecule has 18 heavy (non-hydrogen) atoms. The first-order chi connectivity index (χ1) is 8.74. The van der Waals surface area contributed by atoms with Crippen LogP contribution in [0.3, 0.4) is 0 Å². The van der Waals surface area contributed by atoms with E-state index in [9.17, 15) is 0 Å². The van der Waals surface area contributed by atoms with Gasteiger partial charge in [0.1, 0.15) is 11.6 Å². The second-order valence-corrected chi connectivity index (χ2v) is 3.97. The first kappa shape index (κ1) is 12.2. The van der Waals surface area contributed by atoms with Crippen molar-refractivity contribution in [1.82, 2.24) is 19.5 Å². The number of rotatable bonds is 6. The predicted molar refractivity (Wildman–Crippen MR) is 70.8 cm³/mol. The van der Waals surface area contributed by atoms with Crippen LogP contribution in [0.5, 0.6) is 0 Å². The molecule has 5 N–H and O–H groups in total. The van der Waals surface area contributed by atoms with Gasteiger partial charge in [-0.25, -0.2) is 4.98 Å². The van der Waals surface area contributed by atoms with Gasteiger partial charge >= 0.3 is 0 Å². The zero-order valence-corrected chi connectivity index (χ0v) is 10.1. The number of unbranched alkanes of at least 4 members (excludes halogenated alkanes) is 1. The number of nitrogens with zero attached hydrogens (tertiary/aromatic N) is 4. The Morgan fingerprint density at radius 1 is 1.22 bits per heavy atom. The molecular formula is C11H17N7. The summed E-state index contributed by atoms with van der Waals surface area (Å²) < 4.78 is 2.06. The van der Waals surface area contributed by atoms with Gasteiger partial charge < -0.3 is 21.4 Å². The molecule has 2 aromatic heterocycles. The Bertz CT molecular complexity index is 460. The van der Waals surface area contributed by atoms with E-state index >= 15 is 0 Å². The van der Waals surface area contributed by atoms with Crippen LogP contribution in [-0.2, 0) is 6.54 Å². The van der Waals surface area contributed by atoms with Crippen LogP contribution in [0.2, 0.25) is 0 Å². The number of hydrogen-bond acceptors (Lipinski definition) is 6. The van der Waals surface area contributed by atoms with E-state index in [2.05, 4.69) is 24.8 Å². The molecule has 7 heteroatoms. The van der Waals surface area contributed by atoms with Crippen LogP contribution in [0.1, 0.15) is 12.8 Å². The molecule has 0 atom stereocenters. The van der Waals surface area contributed by atoms with Crippen molar-refractivity contribution in [2.24, 2.45) is 0 Å². The highest BCUT2D eigenvalue weighted by Gasteiger charge is 1.98. The molecule has 0 bridgehead atoms. The van der Waals surface area contributed by atoms with Gasteiger partial charge in [0, 0.05) is 31.5 Å². The molecule has 0 saturated carbocycles. The fourth-order valence-corrected chi connectivity index (χ4v) is 1.63. The molecule has 2 aromatic rings. The summed E-state index contributed by atoms with van der Waals surface area (Å²) >= 11 is 0. The first-order valence-electron chi connectivity index (χ1n) is 5.84. The maximum atomic E-state index is 5.57. The van der Waals surface area contributed by atoms with Gasteiger partial charge in [0.25, 0.3) is 0 Å².